The molecule has 0 aromatic carbocycles. The number of carbonyl (C=O) groups is 1. The minimum absolute atomic E-state index is 0.271. The van der Waals surface area contributed by atoms with E-state index in [4.69, 9.17) is 0 Å². The van der Waals surface area contributed by atoms with E-state index < -0.39 is 12.3 Å². The molecule has 66 valence electrons. The third kappa shape index (κ3) is 2.26. The number of hydrogen-bond donors (Lipinski definition) is 1. The van der Waals surface area contributed by atoms with E-state index in [2.05, 4.69) is 14.9 Å². The van der Waals surface area contributed by atoms with Crippen LogP contribution in [0, 0.1) is 0 Å². The average Bonchev–Trinajstić information content (AvgIpc) is 2.32. The summed E-state index contributed by atoms with van der Waals surface area (Å²) in [4.78, 5) is 10.5. The number of aromatic nitrogens is 2. The molecular weight excluding hydrogens is 177 g/mol. The van der Waals surface area contributed by atoms with Gasteiger partial charge in [-0.1, -0.05) is 0 Å². The summed E-state index contributed by atoms with van der Waals surface area (Å²) >= 11 is 0. The fourth-order valence-electron chi connectivity index (χ4n) is 0.527. The Kier molecular flexibility index (Phi) is 2.03. The molecule has 12 heavy (non-hydrogen) atoms. The first-order valence-electron chi connectivity index (χ1n) is 2.78. The summed E-state index contributed by atoms with van der Waals surface area (Å²) in [6.45, 7) is 0. The molecule has 1 heterocycles. The van der Waals surface area contributed by atoms with Crippen molar-refractivity contribution in [3.63, 3.8) is 0 Å². The van der Waals surface area contributed by atoms with Gasteiger partial charge in [-0.25, -0.2) is 4.79 Å². The summed E-state index contributed by atoms with van der Waals surface area (Å²) in [5.74, 6) is -1.48. The second kappa shape index (κ2) is 2.84. The Morgan fingerprint density at radius 2 is 2.25 bits per heavy atom. The van der Waals surface area contributed by atoms with Gasteiger partial charge in [0.1, 0.15) is 0 Å². The third-order valence-corrected chi connectivity index (χ3v) is 0.942. The van der Waals surface area contributed by atoms with Crippen molar-refractivity contribution in [1.82, 2.24) is 10.2 Å². The van der Waals surface area contributed by atoms with Crippen LogP contribution >= 0.6 is 0 Å². The monoisotopic (exact) mass is 180 g/mol. The lowest BCUT2D eigenvalue weighted by Gasteiger charge is -2.04. The Bertz CT molecular complexity index is 267. The maximum atomic E-state index is 11.4. The molecule has 0 bridgehead atoms. The van der Waals surface area contributed by atoms with Gasteiger partial charge in [0.2, 0.25) is 0 Å². The highest BCUT2D eigenvalue weighted by molar-refractivity contribution is 5.88. The number of alkyl halides is 3. The fraction of sp³-hybridized carbons (Fsp3) is 0.200. The Labute approximate surface area is 64.3 Å². The molecule has 7 heteroatoms. The molecule has 0 atom stereocenters. The maximum Gasteiger partial charge on any atom is 0.575 e. The van der Waals surface area contributed by atoms with Crippen LogP contribution in [0.4, 0.5) is 13.2 Å². The Balaban J connectivity index is 2.63. The van der Waals surface area contributed by atoms with Crippen molar-refractivity contribution >= 4 is 5.97 Å². The van der Waals surface area contributed by atoms with Crippen molar-refractivity contribution < 1.29 is 22.7 Å². The zero-order valence-corrected chi connectivity index (χ0v) is 5.55. The lowest BCUT2D eigenvalue weighted by molar-refractivity contribution is -0.291. The topological polar surface area (TPSA) is 55.0 Å². The average molecular weight is 180 g/mol. The van der Waals surface area contributed by atoms with Crippen LogP contribution in [0.15, 0.2) is 12.4 Å². The molecular formula is C5H3F3N2O2. The van der Waals surface area contributed by atoms with E-state index in [1.54, 1.807) is 0 Å². The summed E-state index contributed by atoms with van der Waals surface area (Å²) in [6, 6.07) is 0. The quantitative estimate of drug-likeness (QED) is 0.658. The Hall–Kier alpha value is -1.53. The molecule has 0 aliphatic rings. The lowest BCUT2D eigenvalue weighted by atomic mass is 10.4. The number of hydrogen-bond acceptors (Lipinski definition) is 3. The predicted octanol–water partition coefficient (Wildman–Crippen LogP) is 1.09. The standard InChI is InChI=1S/C5H3F3N2O2/c6-5(7,8)12-4(11)3-1-9-10-2-3/h1-2H,(H,9,10). The Morgan fingerprint density at radius 1 is 1.58 bits per heavy atom. The molecule has 4 nitrogen and oxygen atoms in total. The number of aromatic amines is 1. The van der Waals surface area contributed by atoms with Gasteiger partial charge in [0.05, 0.1) is 11.8 Å². The van der Waals surface area contributed by atoms with Gasteiger partial charge in [0.25, 0.3) is 0 Å². The maximum absolute atomic E-state index is 11.4. The number of nitrogens with one attached hydrogen (secondary N) is 1. The number of nitrogens with zero attached hydrogens (tertiary/aromatic N) is 1. The third-order valence-electron chi connectivity index (χ3n) is 0.942. The minimum Gasteiger partial charge on any atom is -0.369 e. The number of rotatable bonds is 1. The lowest BCUT2D eigenvalue weighted by Crippen LogP contribution is -2.18. The van der Waals surface area contributed by atoms with E-state index in [1.165, 1.54) is 0 Å². The molecule has 0 aliphatic heterocycles. The summed E-state index contributed by atoms with van der Waals surface area (Å²) in [5.41, 5.74) is -0.271. The first-order valence-corrected chi connectivity index (χ1v) is 2.78. The van der Waals surface area contributed by atoms with E-state index in [1.807, 2.05) is 0 Å². The smallest absolute Gasteiger partial charge is 0.369 e. The Morgan fingerprint density at radius 3 is 2.67 bits per heavy atom. The molecule has 0 radical (unpaired) electrons. The van der Waals surface area contributed by atoms with Crippen LogP contribution in [0.3, 0.4) is 0 Å². The van der Waals surface area contributed by atoms with Gasteiger partial charge in [-0.2, -0.15) is 5.10 Å². The van der Waals surface area contributed by atoms with Crippen LogP contribution in [0.1, 0.15) is 10.4 Å². The number of ether oxygens (including phenoxy) is 1. The molecule has 0 unspecified atom stereocenters. The van der Waals surface area contributed by atoms with Crippen molar-refractivity contribution in [3.05, 3.63) is 18.0 Å². The summed E-state index contributed by atoms with van der Waals surface area (Å²) in [5, 5.41) is 5.46. The van der Waals surface area contributed by atoms with E-state index >= 15 is 0 Å². The molecule has 0 aliphatic carbocycles. The number of halogens is 3. The summed E-state index contributed by atoms with van der Waals surface area (Å²) < 4.78 is 37.4. The van der Waals surface area contributed by atoms with E-state index in [-0.39, 0.29) is 5.56 Å². The van der Waals surface area contributed by atoms with Gasteiger partial charge in [-0.05, 0) is 0 Å². The largest absolute Gasteiger partial charge is 0.575 e. The van der Waals surface area contributed by atoms with E-state index in [9.17, 15) is 18.0 Å². The van der Waals surface area contributed by atoms with Gasteiger partial charge < -0.3 is 4.74 Å². The second-order valence-corrected chi connectivity index (χ2v) is 1.82. The molecule has 1 N–H and O–H groups in total. The highest BCUT2D eigenvalue weighted by atomic mass is 19.4. The van der Waals surface area contributed by atoms with Crippen LogP contribution in [-0.2, 0) is 4.74 Å². The van der Waals surface area contributed by atoms with Gasteiger partial charge in [0, 0.05) is 6.20 Å². The van der Waals surface area contributed by atoms with Crippen LogP contribution in [0.25, 0.3) is 0 Å². The van der Waals surface area contributed by atoms with E-state index in [0.717, 1.165) is 12.4 Å². The van der Waals surface area contributed by atoms with Crippen LogP contribution in [0.5, 0.6) is 0 Å². The highest BCUT2D eigenvalue weighted by Gasteiger charge is 2.34. The fourth-order valence-corrected chi connectivity index (χ4v) is 0.527. The zero-order chi connectivity index (χ0) is 9.19. The highest BCUT2D eigenvalue weighted by Crippen LogP contribution is 2.18. The van der Waals surface area contributed by atoms with Gasteiger partial charge >= 0.3 is 12.3 Å². The van der Waals surface area contributed by atoms with Crippen LogP contribution in [-0.4, -0.2) is 22.5 Å². The zero-order valence-electron chi connectivity index (χ0n) is 5.55. The van der Waals surface area contributed by atoms with Crippen molar-refractivity contribution in [1.29, 1.82) is 0 Å². The summed E-state index contributed by atoms with van der Waals surface area (Å²) in [6.07, 6.45) is -3.00. The summed E-state index contributed by atoms with van der Waals surface area (Å²) in [7, 11) is 0. The number of esters is 1. The van der Waals surface area contributed by atoms with Crippen molar-refractivity contribution in [2.45, 2.75) is 6.36 Å². The second-order valence-electron chi connectivity index (χ2n) is 1.82. The number of carbonyl (C=O) groups excluding carboxylic acids is 1. The van der Waals surface area contributed by atoms with Crippen molar-refractivity contribution in [2.24, 2.45) is 0 Å². The van der Waals surface area contributed by atoms with Crippen molar-refractivity contribution in [2.75, 3.05) is 0 Å². The molecule has 1 rings (SSSR count). The molecule has 0 saturated heterocycles. The van der Waals surface area contributed by atoms with Gasteiger partial charge in [-0.15, -0.1) is 13.2 Å². The SMILES string of the molecule is O=C(OC(F)(F)F)c1cn[nH]c1. The predicted molar refractivity (Wildman–Crippen MR) is 30.1 cm³/mol. The van der Waals surface area contributed by atoms with Gasteiger partial charge in [0.15, 0.2) is 0 Å². The normalized spacial score (nSPS) is 11.2. The molecule has 1 aromatic heterocycles. The van der Waals surface area contributed by atoms with Crippen LogP contribution < -0.4 is 0 Å². The van der Waals surface area contributed by atoms with Crippen LogP contribution in [0.2, 0.25) is 0 Å². The first kappa shape index (κ1) is 8.57. The minimum atomic E-state index is -4.95. The number of H-pyrrole nitrogens is 1. The molecule has 1 aromatic rings. The first-order chi connectivity index (χ1) is 5.49. The molecule has 0 fully saturated rings. The molecule has 0 spiro atoms. The molecule has 0 amide bonds. The van der Waals surface area contributed by atoms with E-state index in [0.29, 0.717) is 0 Å². The molecule has 0 saturated carbocycles. The van der Waals surface area contributed by atoms with Crippen molar-refractivity contribution in [3.8, 4) is 0 Å². The van der Waals surface area contributed by atoms with Gasteiger partial charge in [-0.3, -0.25) is 5.10 Å².